The Bertz CT molecular complexity index is 984. The molecule has 1 aliphatic rings. The zero-order chi connectivity index (χ0) is 19.5. The predicted molar refractivity (Wildman–Crippen MR) is 113 cm³/mol. The lowest BCUT2D eigenvalue weighted by molar-refractivity contribution is -0.121. The molecule has 1 atom stereocenters. The van der Waals surface area contributed by atoms with Gasteiger partial charge in [0.05, 0.1) is 24.8 Å². The Morgan fingerprint density at radius 1 is 1.29 bits per heavy atom. The average Bonchev–Trinajstić information content (AvgIpc) is 3.30. The molecule has 1 amide bonds. The van der Waals surface area contributed by atoms with Crippen LogP contribution in [0.1, 0.15) is 36.2 Å². The molecule has 144 valence electrons. The number of thiazole rings is 1. The van der Waals surface area contributed by atoms with Gasteiger partial charge in [-0.1, -0.05) is 17.7 Å². The summed E-state index contributed by atoms with van der Waals surface area (Å²) in [5.41, 5.74) is 4.22. The lowest BCUT2D eigenvalue weighted by Crippen LogP contribution is -2.28. The van der Waals surface area contributed by atoms with E-state index in [-0.39, 0.29) is 18.4 Å². The van der Waals surface area contributed by atoms with Crippen molar-refractivity contribution in [2.75, 3.05) is 6.61 Å². The summed E-state index contributed by atoms with van der Waals surface area (Å²) in [6, 6.07) is 13.8. The number of amides is 1. The van der Waals surface area contributed by atoms with Crippen molar-refractivity contribution in [3.63, 3.8) is 0 Å². The minimum absolute atomic E-state index is 0.00339. The van der Waals surface area contributed by atoms with Crippen LogP contribution in [0.15, 0.2) is 47.8 Å². The molecule has 6 heteroatoms. The van der Waals surface area contributed by atoms with Gasteiger partial charge in [-0.2, -0.15) is 0 Å². The van der Waals surface area contributed by atoms with E-state index in [1.807, 2.05) is 54.8 Å². The van der Waals surface area contributed by atoms with Gasteiger partial charge in [-0.3, -0.25) is 4.79 Å². The summed E-state index contributed by atoms with van der Waals surface area (Å²) < 4.78 is 5.47. The average molecular weight is 413 g/mol. The molecular weight excluding hydrogens is 392 g/mol. The molecule has 0 spiro atoms. The predicted octanol–water partition coefficient (Wildman–Crippen LogP) is 5.21. The number of carbonyl (C=O) groups is 1. The van der Waals surface area contributed by atoms with Crippen molar-refractivity contribution < 1.29 is 9.53 Å². The molecule has 0 fully saturated rings. The van der Waals surface area contributed by atoms with Gasteiger partial charge in [0.25, 0.3) is 0 Å². The van der Waals surface area contributed by atoms with Crippen LogP contribution in [0.3, 0.4) is 0 Å². The highest BCUT2D eigenvalue weighted by Gasteiger charge is 2.24. The number of rotatable bonds is 6. The van der Waals surface area contributed by atoms with E-state index < -0.39 is 0 Å². The van der Waals surface area contributed by atoms with Gasteiger partial charge in [-0.25, -0.2) is 4.98 Å². The third-order valence-corrected chi connectivity index (χ3v) is 6.00. The van der Waals surface area contributed by atoms with Crippen molar-refractivity contribution >= 4 is 28.8 Å². The van der Waals surface area contributed by atoms with Crippen LogP contribution in [0, 0.1) is 0 Å². The number of carbonyl (C=O) groups excluding carboxylic acids is 1. The number of aryl methyl sites for hydroxylation is 1. The van der Waals surface area contributed by atoms with Crippen LogP contribution < -0.4 is 10.1 Å². The fourth-order valence-electron chi connectivity index (χ4n) is 3.53. The van der Waals surface area contributed by atoms with Gasteiger partial charge in [-0.15, -0.1) is 11.3 Å². The normalized spacial score (nSPS) is 15.3. The largest absolute Gasteiger partial charge is 0.494 e. The lowest BCUT2D eigenvalue weighted by atomic mass is 10.1. The smallest absolute Gasteiger partial charge is 0.226 e. The molecule has 1 aliphatic carbocycles. The molecule has 0 aliphatic heterocycles. The Kier molecular flexibility index (Phi) is 5.64. The van der Waals surface area contributed by atoms with E-state index in [2.05, 4.69) is 10.3 Å². The van der Waals surface area contributed by atoms with E-state index in [1.54, 1.807) is 11.3 Å². The highest BCUT2D eigenvalue weighted by atomic mass is 35.5. The van der Waals surface area contributed by atoms with Crippen LogP contribution in [-0.4, -0.2) is 17.5 Å². The van der Waals surface area contributed by atoms with Gasteiger partial charge in [0, 0.05) is 16.0 Å². The molecule has 3 aromatic rings. The maximum Gasteiger partial charge on any atom is 0.226 e. The molecule has 1 N–H and O–H groups in total. The fraction of sp³-hybridized carbons (Fsp3) is 0.273. The van der Waals surface area contributed by atoms with Crippen LogP contribution in [0.25, 0.3) is 10.6 Å². The van der Waals surface area contributed by atoms with Gasteiger partial charge in [0.2, 0.25) is 5.91 Å². The maximum atomic E-state index is 12.5. The quantitative estimate of drug-likeness (QED) is 0.604. The Morgan fingerprint density at radius 2 is 2.11 bits per heavy atom. The van der Waals surface area contributed by atoms with Crippen molar-refractivity contribution in [1.29, 1.82) is 0 Å². The number of hydrogen-bond donors (Lipinski definition) is 1. The third-order valence-electron chi connectivity index (χ3n) is 4.82. The van der Waals surface area contributed by atoms with Crippen LogP contribution in [-0.2, 0) is 17.6 Å². The number of benzene rings is 2. The van der Waals surface area contributed by atoms with Crippen molar-refractivity contribution in [3.8, 4) is 16.3 Å². The molecule has 0 bridgehead atoms. The van der Waals surface area contributed by atoms with E-state index in [0.717, 1.165) is 39.9 Å². The fourth-order valence-corrected chi connectivity index (χ4v) is 4.55. The summed E-state index contributed by atoms with van der Waals surface area (Å²) in [7, 11) is 0. The van der Waals surface area contributed by atoms with Gasteiger partial charge < -0.3 is 10.1 Å². The second-order valence-corrected chi connectivity index (χ2v) is 8.07. The molecule has 0 saturated heterocycles. The van der Waals surface area contributed by atoms with E-state index >= 15 is 0 Å². The molecule has 4 nitrogen and oxygen atoms in total. The Hall–Kier alpha value is -2.37. The zero-order valence-corrected chi connectivity index (χ0v) is 17.1. The van der Waals surface area contributed by atoms with Crippen molar-refractivity contribution in [1.82, 2.24) is 10.3 Å². The molecule has 0 radical (unpaired) electrons. The van der Waals surface area contributed by atoms with E-state index in [9.17, 15) is 4.79 Å². The summed E-state index contributed by atoms with van der Waals surface area (Å²) in [6.45, 7) is 2.61. The van der Waals surface area contributed by atoms with Crippen molar-refractivity contribution in [2.45, 2.75) is 32.2 Å². The van der Waals surface area contributed by atoms with Crippen LogP contribution in [0.5, 0.6) is 5.75 Å². The van der Waals surface area contributed by atoms with Crippen molar-refractivity contribution in [2.24, 2.45) is 0 Å². The summed E-state index contributed by atoms with van der Waals surface area (Å²) in [4.78, 5) is 17.1. The topological polar surface area (TPSA) is 51.2 Å². The molecule has 1 heterocycles. The number of fused-ring (bicyclic) bond motifs is 1. The Labute approximate surface area is 173 Å². The zero-order valence-electron chi connectivity index (χ0n) is 15.6. The highest BCUT2D eigenvalue weighted by molar-refractivity contribution is 7.13. The monoisotopic (exact) mass is 412 g/mol. The minimum Gasteiger partial charge on any atom is -0.494 e. The van der Waals surface area contributed by atoms with Gasteiger partial charge in [0.15, 0.2) is 0 Å². The number of nitrogens with zero attached hydrogens (tertiary/aromatic N) is 1. The van der Waals surface area contributed by atoms with E-state index in [1.165, 1.54) is 11.1 Å². The molecule has 28 heavy (non-hydrogen) atoms. The third kappa shape index (κ3) is 4.21. The Balaban J connectivity index is 1.38. The second-order valence-electron chi connectivity index (χ2n) is 6.78. The summed E-state index contributed by atoms with van der Waals surface area (Å²) in [5, 5.41) is 6.75. The van der Waals surface area contributed by atoms with Gasteiger partial charge in [0.1, 0.15) is 10.8 Å². The molecule has 1 unspecified atom stereocenters. The lowest BCUT2D eigenvalue weighted by Gasteiger charge is -2.13. The number of ether oxygens (including phenoxy) is 1. The molecule has 0 saturated carbocycles. The summed E-state index contributed by atoms with van der Waals surface area (Å²) >= 11 is 7.61. The number of hydrogen-bond acceptors (Lipinski definition) is 4. The summed E-state index contributed by atoms with van der Waals surface area (Å²) in [5.74, 6) is 0.844. The van der Waals surface area contributed by atoms with E-state index in [0.29, 0.717) is 6.61 Å². The second kappa shape index (κ2) is 8.33. The first kappa shape index (κ1) is 19.0. The van der Waals surface area contributed by atoms with Crippen LogP contribution >= 0.6 is 22.9 Å². The number of halogens is 1. The first-order valence-electron chi connectivity index (χ1n) is 9.37. The highest BCUT2D eigenvalue weighted by Crippen LogP contribution is 2.33. The van der Waals surface area contributed by atoms with Gasteiger partial charge in [-0.05, 0) is 67.3 Å². The number of nitrogens with one attached hydrogen (secondary N) is 1. The van der Waals surface area contributed by atoms with Gasteiger partial charge >= 0.3 is 0 Å². The van der Waals surface area contributed by atoms with Crippen LogP contribution in [0.4, 0.5) is 0 Å². The van der Waals surface area contributed by atoms with E-state index in [4.69, 9.17) is 16.3 Å². The minimum atomic E-state index is -0.00339. The summed E-state index contributed by atoms with van der Waals surface area (Å²) in [6.07, 6.45) is 2.14. The molecule has 4 rings (SSSR count). The Morgan fingerprint density at radius 3 is 2.89 bits per heavy atom. The van der Waals surface area contributed by atoms with Crippen LogP contribution in [0.2, 0.25) is 5.02 Å². The molecule has 2 aromatic carbocycles. The molecular formula is C22H21ClN2O2S. The maximum absolute atomic E-state index is 12.5. The first-order chi connectivity index (χ1) is 13.6. The first-order valence-corrected chi connectivity index (χ1v) is 10.6. The SMILES string of the molecule is CCOc1ccc(-c2nc(CC(=O)NC3CCc4cc(Cl)ccc43)cs2)cc1. The molecule has 1 aromatic heterocycles. The number of aromatic nitrogens is 1. The van der Waals surface area contributed by atoms with Crippen molar-refractivity contribution in [3.05, 3.63) is 69.7 Å². The standard InChI is InChI=1S/C22H21ClN2O2S/c1-2-27-18-7-3-14(4-8-18)22-24-17(13-28-22)12-21(26)25-20-10-5-15-11-16(23)6-9-19(15)20/h3-4,6-9,11,13,20H,2,5,10,12H2,1H3,(H,25,26).